The van der Waals surface area contributed by atoms with Crippen LogP contribution in [0.3, 0.4) is 0 Å². The summed E-state index contributed by atoms with van der Waals surface area (Å²) in [7, 11) is 0. The Labute approximate surface area is 115 Å². The Bertz CT molecular complexity index is 810. The Hall–Kier alpha value is -1.94. The molecule has 96 valence electrons. The second kappa shape index (κ2) is 4.31. The number of benzene rings is 2. The van der Waals surface area contributed by atoms with Gasteiger partial charge in [-0.15, -0.1) is 0 Å². The Morgan fingerprint density at radius 3 is 2.68 bits per heavy atom. The fourth-order valence-electron chi connectivity index (χ4n) is 2.42. The highest BCUT2D eigenvalue weighted by atomic mass is 32.1. The van der Waals surface area contributed by atoms with Crippen molar-refractivity contribution in [2.75, 3.05) is 0 Å². The maximum atomic E-state index is 13.6. The first kappa shape index (κ1) is 12.1. The highest BCUT2D eigenvalue weighted by Gasteiger charge is 2.09. The molecule has 0 bridgehead atoms. The predicted molar refractivity (Wildman–Crippen MR) is 77.9 cm³/mol. The summed E-state index contributed by atoms with van der Waals surface area (Å²) >= 11 is 5.37. The number of nitrogens with zero attached hydrogens (tertiary/aromatic N) is 1. The molecule has 0 radical (unpaired) electrons. The molecule has 0 saturated heterocycles. The van der Waals surface area contributed by atoms with E-state index in [0.717, 1.165) is 27.8 Å². The predicted octanol–water partition coefficient (Wildman–Crippen LogP) is 4.44. The first-order valence-corrected chi connectivity index (χ1v) is 6.45. The van der Waals surface area contributed by atoms with Crippen molar-refractivity contribution in [3.8, 4) is 5.69 Å². The van der Waals surface area contributed by atoms with E-state index in [0.29, 0.717) is 4.77 Å². The zero-order chi connectivity index (χ0) is 13.6. The number of aryl methyl sites for hydroxylation is 2. The van der Waals surface area contributed by atoms with Crippen LogP contribution in [0, 0.1) is 24.4 Å². The van der Waals surface area contributed by atoms with Gasteiger partial charge in [0.2, 0.25) is 0 Å². The van der Waals surface area contributed by atoms with Gasteiger partial charge in [0.05, 0.1) is 16.7 Å². The number of hydrogen-bond acceptors (Lipinski definition) is 1. The highest BCUT2D eigenvalue weighted by Crippen LogP contribution is 2.23. The van der Waals surface area contributed by atoms with Crippen LogP contribution in [-0.2, 0) is 0 Å². The third-order valence-corrected chi connectivity index (χ3v) is 3.48. The van der Waals surface area contributed by atoms with Crippen LogP contribution < -0.4 is 0 Å². The van der Waals surface area contributed by atoms with E-state index >= 15 is 0 Å². The van der Waals surface area contributed by atoms with Crippen molar-refractivity contribution < 1.29 is 4.39 Å². The molecular formula is C15H13FN2S. The number of aromatic nitrogens is 2. The molecule has 0 fully saturated rings. The van der Waals surface area contributed by atoms with E-state index in [1.54, 1.807) is 0 Å². The molecule has 0 atom stereocenters. The van der Waals surface area contributed by atoms with Gasteiger partial charge in [-0.05, 0) is 61.5 Å². The number of para-hydroxylation sites is 1. The second-order valence-corrected chi connectivity index (χ2v) is 5.11. The van der Waals surface area contributed by atoms with Gasteiger partial charge in [0.1, 0.15) is 5.82 Å². The van der Waals surface area contributed by atoms with Gasteiger partial charge in [0.15, 0.2) is 4.77 Å². The van der Waals surface area contributed by atoms with Gasteiger partial charge in [0, 0.05) is 0 Å². The van der Waals surface area contributed by atoms with Crippen molar-refractivity contribution >= 4 is 23.3 Å². The lowest BCUT2D eigenvalue weighted by atomic mass is 10.2. The lowest BCUT2D eigenvalue weighted by molar-refractivity contribution is 0.625. The van der Waals surface area contributed by atoms with E-state index in [1.165, 1.54) is 12.1 Å². The van der Waals surface area contributed by atoms with Gasteiger partial charge in [-0.25, -0.2) is 4.39 Å². The van der Waals surface area contributed by atoms with Gasteiger partial charge in [-0.2, -0.15) is 0 Å². The number of hydrogen-bond donors (Lipinski definition) is 1. The summed E-state index contributed by atoms with van der Waals surface area (Å²) < 4.78 is 16.1. The fourth-order valence-corrected chi connectivity index (χ4v) is 2.73. The van der Waals surface area contributed by atoms with Crippen molar-refractivity contribution in [2.45, 2.75) is 13.8 Å². The van der Waals surface area contributed by atoms with Crippen LogP contribution in [0.15, 0.2) is 36.4 Å². The first-order valence-electron chi connectivity index (χ1n) is 6.04. The third kappa shape index (κ3) is 1.98. The third-order valence-electron chi connectivity index (χ3n) is 3.19. The minimum atomic E-state index is -0.250. The standard InChI is InChI=1S/C15H13FN2S/c1-9-6-11(16)8-12(7-9)18-14-10(2)4-3-5-13(14)17-15(18)19/h3-8H,1-2H3,(H,17,19). The lowest BCUT2D eigenvalue weighted by Crippen LogP contribution is -1.97. The molecule has 3 aromatic rings. The van der Waals surface area contributed by atoms with Crippen LogP contribution >= 0.6 is 12.2 Å². The van der Waals surface area contributed by atoms with Gasteiger partial charge < -0.3 is 4.98 Å². The van der Waals surface area contributed by atoms with Gasteiger partial charge in [0.25, 0.3) is 0 Å². The molecule has 1 aromatic heterocycles. The number of H-pyrrole nitrogens is 1. The van der Waals surface area contributed by atoms with Gasteiger partial charge in [-0.1, -0.05) is 12.1 Å². The monoisotopic (exact) mass is 272 g/mol. The van der Waals surface area contributed by atoms with Crippen molar-refractivity contribution in [1.82, 2.24) is 9.55 Å². The Morgan fingerprint density at radius 2 is 1.95 bits per heavy atom. The average molecular weight is 272 g/mol. The van der Waals surface area contributed by atoms with Crippen LogP contribution in [0.25, 0.3) is 16.7 Å². The average Bonchev–Trinajstić information content (AvgIpc) is 2.65. The van der Waals surface area contributed by atoms with Crippen molar-refractivity contribution in [3.63, 3.8) is 0 Å². The number of fused-ring (bicyclic) bond motifs is 1. The fraction of sp³-hybridized carbons (Fsp3) is 0.133. The van der Waals surface area contributed by atoms with Crippen LogP contribution in [0.1, 0.15) is 11.1 Å². The van der Waals surface area contributed by atoms with E-state index in [-0.39, 0.29) is 5.82 Å². The molecule has 2 aromatic carbocycles. The molecule has 0 unspecified atom stereocenters. The second-order valence-electron chi connectivity index (χ2n) is 4.72. The quantitative estimate of drug-likeness (QED) is 0.649. The number of halogens is 1. The molecule has 0 saturated carbocycles. The van der Waals surface area contributed by atoms with E-state index < -0.39 is 0 Å². The van der Waals surface area contributed by atoms with Crippen molar-refractivity contribution in [3.05, 3.63) is 58.1 Å². The summed E-state index contributed by atoms with van der Waals surface area (Å²) in [6, 6.07) is 10.9. The first-order chi connectivity index (χ1) is 9.06. The molecule has 4 heteroatoms. The molecule has 1 N–H and O–H groups in total. The summed E-state index contributed by atoms with van der Waals surface area (Å²) in [5.74, 6) is -0.250. The molecule has 0 aliphatic heterocycles. The summed E-state index contributed by atoms with van der Waals surface area (Å²) in [4.78, 5) is 3.16. The summed E-state index contributed by atoms with van der Waals surface area (Å²) in [5, 5.41) is 0. The minimum absolute atomic E-state index is 0.250. The smallest absolute Gasteiger partial charge is 0.182 e. The zero-order valence-electron chi connectivity index (χ0n) is 10.7. The molecule has 2 nitrogen and oxygen atoms in total. The number of rotatable bonds is 1. The molecule has 19 heavy (non-hydrogen) atoms. The summed E-state index contributed by atoms with van der Waals surface area (Å²) in [6.07, 6.45) is 0. The van der Waals surface area contributed by atoms with Crippen molar-refractivity contribution in [1.29, 1.82) is 0 Å². The summed E-state index contributed by atoms with van der Waals surface area (Å²) in [5.41, 5.74) is 4.69. The maximum absolute atomic E-state index is 13.6. The van der Waals surface area contributed by atoms with Crippen LogP contribution in [0.5, 0.6) is 0 Å². The molecule has 1 heterocycles. The normalized spacial score (nSPS) is 11.1. The molecule has 0 amide bonds. The van der Waals surface area contributed by atoms with E-state index in [1.807, 2.05) is 42.7 Å². The van der Waals surface area contributed by atoms with Crippen LogP contribution in [0.2, 0.25) is 0 Å². The maximum Gasteiger partial charge on any atom is 0.182 e. The zero-order valence-corrected chi connectivity index (χ0v) is 11.5. The Balaban J connectivity index is 2.42. The van der Waals surface area contributed by atoms with Crippen molar-refractivity contribution in [2.24, 2.45) is 0 Å². The van der Waals surface area contributed by atoms with Crippen LogP contribution in [-0.4, -0.2) is 9.55 Å². The van der Waals surface area contributed by atoms with Gasteiger partial charge in [-0.3, -0.25) is 4.57 Å². The largest absolute Gasteiger partial charge is 0.330 e. The number of nitrogens with one attached hydrogen (secondary N) is 1. The molecular weight excluding hydrogens is 259 g/mol. The van der Waals surface area contributed by atoms with Crippen LogP contribution in [0.4, 0.5) is 4.39 Å². The SMILES string of the molecule is Cc1cc(F)cc(-n2c(=S)[nH]c3cccc(C)c32)c1. The Kier molecular flexibility index (Phi) is 2.75. The number of imidazole rings is 1. The molecule has 3 rings (SSSR count). The topological polar surface area (TPSA) is 20.7 Å². The Morgan fingerprint density at radius 1 is 1.16 bits per heavy atom. The summed E-state index contributed by atoms with van der Waals surface area (Å²) in [6.45, 7) is 3.89. The minimum Gasteiger partial charge on any atom is -0.330 e. The van der Waals surface area contributed by atoms with E-state index in [9.17, 15) is 4.39 Å². The van der Waals surface area contributed by atoms with E-state index in [4.69, 9.17) is 12.2 Å². The molecule has 0 aliphatic rings. The molecule has 0 aliphatic carbocycles. The lowest BCUT2D eigenvalue weighted by Gasteiger charge is -2.08. The number of aromatic amines is 1. The highest BCUT2D eigenvalue weighted by molar-refractivity contribution is 7.71. The molecule has 0 spiro atoms. The van der Waals surface area contributed by atoms with Gasteiger partial charge >= 0.3 is 0 Å². The van der Waals surface area contributed by atoms with E-state index in [2.05, 4.69) is 4.98 Å².